The largest absolute Gasteiger partial charge is 0.379 e. The number of aryl methyl sites for hydroxylation is 1. The Morgan fingerprint density at radius 1 is 1.38 bits per heavy atom. The van der Waals surface area contributed by atoms with Crippen molar-refractivity contribution in [3.8, 4) is 0 Å². The third-order valence-corrected chi connectivity index (χ3v) is 4.59. The van der Waals surface area contributed by atoms with Crippen LogP contribution in [0.25, 0.3) is 0 Å². The summed E-state index contributed by atoms with van der Waals surface area (Å²) in [7, 11) is 0. The van der Waals surface area contributed by atoms with Gasteiger partial charge in [0, 0.05) is 31.7 Å². The molecule has 2 aliphatic heterocycles. The van der Waals surface area contributed by atoms with Crippen molar-refractivity contribution in [2.45, 2.75) is 44.8 Å². The number of aliphatic hydroxyl groups is 1. The lowest BCUT2D eigenvalue weighted by atomic mass is 9.91. The van der Waals surface area contributed by atoms with Gasteiger partial charge in [-0.2, -0.15) is 0 Å². The molecule has 1 aromatic heterocycles. The van der Waals surface area contributed by atoms with Crippen molar-refractivity contribution in [2.75, 3.05) is 26.2 Å². The van der Waals surface area contributed by atoms with Gasteiger partial charge in [0.25, 0.3) is 5.91 Å². The van der Waals surface area contributed by atoms with Crippen LogP contribution in [-0.4, -0.2) is 57.8 Å². The molecule has 116 valence electrons. The third-order valence-electron chi connectivity index (χ3n) is 4.59. The minimum Gasteiger partial charge on any atom is -0.379 e. The summed E-state index contributed by atoms with van der Waals surface area (Å²) in [5.41, 5.74) is -0.207. The fourth-order valence-corrected chi connectivity index (χ4v) is 3.36. The Balaban J connectivity index is 1.66. The Labute approximate surface area is 124 Å². The smallest absolute Gasteiger partial charge is 0.255 e. The van der Waals surface area contributed by atoms with E-state index in [1.807, 2.05) is 11.8 Å². The first-order chi connectivity index (χ1) is 10.1. The Bertz CT molecular complexity index is 510. The number of aromatic nitrogens is 1. The van der Waals surface area contributed by atoms with Crippen molar-refractivity contribution in [1.82, 2.24) is 15.0 Å². The molecule has 6 nitrogen and oxygen atoms in total. The lowest BCUT2D eigenvalue weighted by Gasteiger charge is -2.39. The number of hydrogen-bond donors (Lipinski definition) is 1. The van der Waals surface area contributed by atoms with Gasteiger partial charge in [0.1, 0.15) is 5.76 Å². The number of piperidine rings is 1. The van der Waals surface area contributed by atoms with Crippen LogP contribution < -0.4 is 0 Å². The van der Waals surface area contributed by atoms with Crippen molar-refractivity contribution >= 4 is 5.91 Å². The summed E-state index contributed by atoms with van der Waals surface area (Å²) in [5.74, 6) is 0.710. The Kier molecular flexibility index (Phi) is 3.99. The molecule has 2 aliphatic rings. The summed E-state index contributed by atoms with van der Waals surface area (Å²) in [6, 6.07) is 0. The molecule has 1 atom stereocenters. The van der Waals surface area contributed by atoms with Gasteiger partial charge in [0.05, 0.1) is 6.20 Å². The summed E-state index contributed by atoms with van der Waals surface area (Å²) < 4.78 is 5.07. The maximum atomic E-state index is 12.6. The van der Waals surface area contributed by atoms with E-state index in [0.29, 0.717) is 19.5 Å². The van der Waals surface area contributed by atoms with Crippen LogP contribution in [-0.2, 0) is 11.3 Å². The first-order valence-electron chi connectivity index (χ1n) is 7.73. The van der Waals surface area contributed by atoms with Crippen LogP contribution in [0.1, 0.15) is 37.0 Å². The number of β-amino-alcohol motifs (C(OH)–C–C–N with tert-alkyl or cyclic N) is 1. The first-order valence-corrected chi connectivity index (χ1v) is 7.73. The molecule has 0 radical (unpaired) electrons. The van der Waals surface area contributed by atoms with Gasteiger partial charge in [0.15, 0.2) is 5.60 Å². The maximum Gasteiger partial charge on any atom is 0.255 e. The molecule has 0 saturated carbocycles. The summed E-state index contributed by atoms with van der Waals surface area (Å²) in [6.07, 6.45) is 5.20. The van der Waals surface area contributed by atoms with Crippen LogP contribution >= 0.6 is 0 Å². The number of nitrogens with zero attached hydrogens (tertiary/aromatic N) is 3. The van der Waals surface area contributed by atoms with Crippen LogP contribution in [0, 0.1) is 6.92 Å². The quantitative estimate of drug-likeness (QED) is 0.898. The number of carbonyl (C=O) groups excluding carboxylic acids is 1. The predicted octanol–water partition coefficient (Wildman–Crippen LogP) is 0.932. The topological polar surface area (TPSA) is 69.8 Å². The van der Waals surface area contributed by atoms with Gasteiger partial charge in [-0.05, 0) is 39.2 Å². The monoisotopic (exact) mass is 293 g/mol. The molecule has 2 fully saturated rings. The summed E-state index contributed by atoms with van der Waals surface area (Å²) in [5, 5.41) is 14.6. The number of rotatable bonds is 3. The molecule has 21 heavy (non-hydrogen) atoms. The SMILES string of the molecule is Cc1oncc1CN1CCCC(O)(C(=O)N2CCCC2)C1. The molecule has 1 unspecified atom stereocenters. The average molecular weight is 293 g/mol. The molecular weight excluding hydrogens is 270 g/mol. The molecule has 6 heteroatoms. The van der Waals surface area contributed by atoms with Gasteiger partial charge in [0.2, 0.25) is 0 Å². The second-order valence-corrected chi connectivity index (χ2v) is 6.25. The van der Waals surface area contributed by atoms with Crippen LogP contribution in [0.4, 0.5) is 0 Å². The molecule has 1 N–H and O–H groups in total. The summed E-state index contributed by atoms with van der Waals surface area (Å²) >= 11 is 0. The molecule has 3 heterocycles. The van der Waals surface area contributed by atoms with Gasteiger partial charge in [-0.3, -0.25) is 9.69 Å². The van der Waals surface area contributed by atoms with Crippen LogP contribution in [0.3, 0.4) is 0 Å². The van der Waals surface area contributed by atoms with Gasteiger partial charge in [-0.15, -0.1) is 0 Å². The highest BCUT2D eigenvalue weighted by Gasteiger charge is 2.43. The molecule has 2 saturated heterocycles. The van der Waals surface area contributed by atoms with Crippen LogP contribution in [0.2, 0.25) is 0 Å². The van der Waals surface area contributed by atoms with E-state index in [-0.39, 0.29) is 5.91 Å². The molecule has 0 aromatic carbocycles. The van der Waals surface area contributed by atoms with Crippen molar-refractivity contribution in [3.05, 3.63) is 17.5 Å². The minimum atomic E-state index is -1.23. The fourth-order valence-electron chi connectivity index (χ4n) is 3.36. The maximum absolute atomic E-state index is 12.6. The lowest BCUT2D eigenvalue weighted by molar-refractivity contribution is -0.156. The molecule has 0 spiro atoms. The number of carbonyl (C=O) groups is 1. The van der Waals surface area contributed by atoms with E-state index in [1.54, 1.807) is 6.20 Å². The molecule has 0 aliphatic carbocycles. The zero-order valence-electron chi connectivity index (χ0n) is 12.5. The van der Waals surface area contributed by atoms with E-state index >= 15 is 0 Å². The lowest BCUT2D eigenvalue weighted by Crippen LogP contribution is -2.57. The molecule has 3 rings (SSSR count). The standard InChI is InChI=1S/C15H23N3O3/c1-12-13(9-16-21-12)10-17-6-4-5-15(20,11-17)14(19)18-7-2-3-8-18/h9,20H,2-8,10-11H2,1H3. The van der Waals surface area contributed by atoms with Gasteiger partial charge >= 0.3 is 0 Å². The molecule has 1 aromatic rings. The fraction of sp³-hybridized carbons (Fsp3) is 0.733. The van der Waals surface area contributed by atoms with Crippen molar-refractivity contribution < 1.29 is 14.4 Å². The normalized spacial score (nSPS) is 27.2. The Morgan fingerprint density at radius 2 is 2.14 bits per heavy atom. The number of likely N-dealkylation sites (tertiary alicyclic amines) is 2. The number of amides is 1. The highest BCUT2D eigenvalue weighted by molar-refractivity contribution is 5.85. The number of hydrogen-bond acceptors (Lipinski definition) is 5. The van der Waals surface area contributed by atoms with Gasteiger partial charge in [-0.25, -0.2) is 0 Å². The third kappa shape index (κ3) is 2.96. The van der Waals surface area contributed by atoms with Gasteiger partial charge in [-0.1, -0.05) is 5.16 Å². The van der Waals surface area contributed by atoms with Crippen molar-refractivity contribution in [3.63, 3.8) is 0 Å². The Hall–Kier alpha value is -1.40. The van der Waals surface area contributed by atoms with Crippen LogP contribution in [0.15, 0.2) is 10.7 Å². The minimum absolute atomic E-state index is 0.0910. The van der Waals surface area contributed by atoms with Crippen molar-refractivity contribution in [2.24, 2.45) is 0 Å². The zero-order chi connectivity index (χ0) is 14.9. The second-order valence-electron chi connectivity index (χ2n) is 6.25. The highest BCUT2D eigenvalue weighted by atomic mass is 16.5. The first kappa shape index (κ1) is 14.5. The summed E-state index contributed by atoms with van der Waals surface area (Å²) in [6.45, 7) is 5.41. The second kappa shape index (κ2) is 5.77. The van der Waals surface area contributed by atoms with E-state index in [9.17, 15) is 9.90 Å². The highest BCUT2D eigenvalue weighted by Crippen LogP contribution is 2.26. The van der Waals surface area contributed by atoms with Crippen molar-refractivity contribution in [1.29, 1.82) is 0 Å². The zero-order valence-corrected chi connectivity index (χ0v) is 12.5. The Morgan fingerprint density at radius 3 is 2.81 bits per heavy atom. The molecular formula is C15H23N3O3. The average Bonchev–Trinajstić information content (AvgIpc) is 3.11. The van der Waals surface area contributed by atoms with E-state index in [1.165, 1.54) is 0 Å². The van der Waals surface area contributed by atoms with Gasteiger partial charge < -0.3 is 14.5 Å². The van der Waals surface area contributed by atoms with E-state index < -0.39 is 5.60 Å². The summed E-state index contributed by atoms with van der Waals surface area (Å²) in [4.78, 5) is 16.5. The van der Waals surface area contributed by atoms with E-state index in [4.69, 9.17) is 4.52 Å². The molecule has 1 amide bonds. The van der Waals surface area contributed by atoms with E-state index in [2.05, 4.69) is 10.1 Å². The van der Waals surface area contributed by atoms with Crippen LogP contribution in [0.5, 0.6) is 0 Å². The van der Waals surface area contributed by atoms with E-state index in [0.717, 1.165) is 50.2 Å². The molecule has 0 bridgehead atoms. The predicted molar refractivity (Wildman–Crippen MR) is 76.5 cm³/mol.